The Morgan fingerprint density at radius 3 is 2.43 bits per heavy atom. The Morgan fingerprint density at radius 1 is 1.17 bits per heavy atom. The van der Waals surface area contributed by atoms with Crippen LogP contribution in [0.4, 0.5) is 10.1 Å². The van der Waals surface area contributed by atoms with Crippen LogP contribution in [0.5, 0.6) is 0 Å². The van der Waals surface area contributed by atoms with E-state index in [1.54, 1.807) is 12.1 Å². The second kappa shape index (κ2) is 7.20. The quantitative estimate of drug-likeness (QED) is 0.809. The third-order valence-electron chi connectivity index (χ3n) is 3.10. The molecule has 0 unspecified atom stereocenters. The second-order valence-corrected chi connectivity index (χ2v) is 7.41. The number of carbonyl (C=O) groups is 1. The lowest BCUT2D eigenvalue weighted by Crippen LogP contribution is -2.19. The van der Waals surface area contributed by atoms with Crippen molar-refractivity contribution in [3.63, 3.8) is 0 Å². The molecule has 2 rings (SSSR count). The van der Waals surface area contributed by atoms with E-state index in [1.807, 2.05) is 0 Å². The molecule has 0 aliphatic carbocycles. The van der Waals surface area contributed by atoms with E-state index in [1.165, 1.54) is 37.4 Å². The molecule has 0 aliphatic rings. The van der Waals surface area contributed by atoms with Crippen LogP contribution < -0.4 is 10.0 Å². The number of rotatable bonds is 5. The molecule has 0 saturated carbocycles. The highest BCUT2D eigenvalue weighted by Gasteiger charge is 2.13. The first-order valence-electron chi connectivity index (χ1n) is 6.60. The highest BCUT2D eigenvalue weighted by atomic mass is 79.9. The van der Waals surface area contributed by atoms with Crippen LogP contribution in [-0.4, -0.2) is 21.4 Å². The van der Waals surface area contributed by atoms with Crippen LogP contribution in [0.25, 0.3) is 0 Å². The van der Waals surface area contributed by atoms with Crippen LogP contribution in [0.1, 0.15) is 5.56 Å². The summed E-state index contributed by atoms with van der Waals surface area (Å²) >= 11 is 3.07. The maximum Gasteiger partial charge on any atom is 0.240 e. The molecule has 8 heteroatoms. The lowest BCUT2D eigenvalue weighted by molar-refractivity contribution is -0.115. The van der Waals surface area contributed by atoms with E-state index >= 15 is 0 Å². The highest BCUT2D eigenvalue weighted by molar-refractivity contribution is 9.10. The molecule has 5 nitrogen and oxygen atoms in total. The third kappa shape index (κ3) is 4.37. The molecule has 1 amide bonds. The molecule has 0 aliphatic heterocycles. The molecule has 0 atom stereocenters. The van der Waals surface area contributed by atoms with Crippen molar-refractivity contribution in [3.05, 3.63) is 58.3 Å². The molecule has 23 heavy (non-hydrogen) atoms. The standard InChI is InChI=1S/C15H14BrFN2O3S/c1-18-23(21,22)12-7-5-11(6-8-12)19-14(20)9-10-3-2-4-13(16)15(10)17/h2-8,18H,9H2,1H3,(H,19,20). The number of nitrogens with one attached hydrogen (secondary N) is 2. The SMILES string of the molecule is CNS(=O)(=O)c1ccc(NC(=O)Cc2cccc(Br)c2F)cc1. The molecule has 0 aromatic heterocycles. The summed E-state index contributed by atoms with van der Waals surface area (Å²) in [6, 6.07) is 10.4. The lowest BCUT2D eigenvalue weighted by atomic mass is 10.1. The maximum absolute atomic E-state index is 13.8. The summed E-state index contributed by atoms with van der Waals surface area (Å²) in [5, 5.41) is 2.60. The van der Waals surface area contributed by atoms with Crippen molar-refractivity contribution in [2.75, 3.05) is 12.4 Å². The number of anilines is 1. The minimum absolute atomic E-state index is 0.0935. The molecule has 0 fully saturated rings. The first kappa shape index (κ1) is 17.6. The van der Waals surface area contributed by atoms with Gasteiger partial charge in [-0.1, -0.05) is 12.1 Å². The van der Waals surface area contributed by atoms with Crippen molar-refractivity contribution in [1.29, 1.82) is 0 Å². The van der Waals surface area contributed by atoms with Crippen molar-refractivity contribution in [2.45, 2.75) is 11.3 Å². The minimum Gasteiger partial charge on any atom is -0.326 e. The third-order valence-corrected chi connectivity index (χ3v) is 5.14. The zero-order valence-corrected chi connectivity index (χ0v) is 14.5. The van der Waals surface area contributed by atoms with E-state index < -0.39 is 21.7 Å². The topological polar surface area (TPSA) is 75.3 Å². The van der Waals surface area contributed by atoms with Gasteiger partial charge >= 0.3 is 0 Å². The van der Waals surface area contributed by atoms with Crippen LogP contribution in [0.2, 0.25) is 0 Å². The number of benzene rings is 2. The van der Waals surface area contributed by atoms with Gasteiger partial charge in [-0.15, -0.1) is 0 Å². The van der Waals surface area contributed by atoms with E-state index in [0.717, 1.165) is 0 Å². The average Bonchev–Trinajstić information content (AvgIpc) is 2.52. The van der Waals surface area contributed by atoms with Gasteiger partial charge in [0.2, 0.25) is 15.9 Å². The molecule has 0 radical (unpaired) electrons. The number of halogens is 2. The van der Waals surface area contributed by atoms with E-state index in [9.17, 15) is 17.6 Å². The van der Waals surface area contributed by atoms with Gasteiger partial charge < -0.3 is 5.32 Å². The van der Waals surface area contributed by atoms with E-state index in [2.05, 4.69) is 26.0 Å². The van der Waals surface area contributed by atoms with Crippen molar-refractivity contribution in [3.8, 4) is 0 Å². The van der Waals surface area contributed by atoms with Crippen LogP contribution in [-0.2, 0) is 21.2 Å². The van der Waals surface area contributed by atoms with Gasteiger partial charge in [0.05, 0.1) is 15.8 Å². The minimum atomic E-state index is -3.52. The fourth-order valence-corrected chi connectivity index (χ4v) is 3.04. The van der Waals surface area contributed by atoms with Gasteiger partial charge in [0, 0.05) is 5.69 Å². The molecule has 2 aromatic carbocycles. The summed E-state index contributed by atoms with van der Waals surface area (Å²) in [6.45, 7) is 0. The summed E-state index contributed by atoms with van der Waals surface area (Å²) in [5.74, 6) is -0.871. The number of amides is 1. The Labute approximate surface area is 142 Å². The van der Waals surface area contributed by atoms with Crippen molar-refractivity contribution < 1.29 is 17.6 Å². The summed E-state index contributed by atoms with van der Waals surface area (Å²) < 4.78 is 39.5. The van der Waals surface area contributed by atoms with Crippen molar-refractivity contribution >= 4 is 37.5 Å². The van der Waals surface area contributed by atoms with E-state index in [-0.39, 0.29) is 16.9 Å². The van der Waals surface area contributed by atoms with Gasteiger partial charge in [-0.3, -0.25) is 4.79 Å². The zero-order chi connectivity index (χ0) is 17.0. The van der Waals surface area contributed by atoms with Gasteiger partial charge in [-0.2, -0.15) is 0 Å². The van der Waals surface area contributed by atoms with Gasteiger partial charge in [-0.25, -0.2) is 17.5 Å². The monoisotopic (exact) mass is 400 g/mol. The second-order valence-electron chi connectivity index (χ2n) is 4.67. The summed E-state index contributed by atoms with van der Waals surface area (Å²) in [6.07, 6.45) is -0.123. The normalized spacial score (nSPS) is 11.3. The fourth-order valence-electron chi connectivity index (χ4n) is 1.90. The largest absolute Gasteiger partial charge is 0.326 e. The number of carbonyl (C=O) groups excluding carboxylic acids is 1. The van der Waals surface area contributed by atoms with Gasteiger partial charge in [-0.05, 0) is 58.9 Å². The van der Waals surface area contributed by atoms with Gasteiger partial charge in [0.1, 0.15) is 5.82 Å². The number of hydrogen-bond acceptors (Lipinski definition) is 3. The predicted molar refractivity (Wildman–Crippen MR) is 89.1 cm³/mol. The lowest BCUT2D eigenvalue weighted by Gasteiger charge is -2.08. The molecule has 0 saturated heterocycles. The molecule has 2 aromatic rings. The summed E-state index contributed by atoms with van der Waals surface area (Å²) in [5.41, 5.74) is 0.701. The van der Waals surface area contributed by atoms with Gasteiger partial charge in [0.25, 0.3) is 0 Å². The average molecular weight is 401 g/mol. The predicted octanol–water partition coefficient (Wildman–Crippen LogP) is 2.68. The Kier molecular flexibility index (Phi) is 5.51. The highest BCUT2D eigenvalue weighted by Crippen LogP contribution is 2.19. The molecule has 122 valence electrons. The summed E-state index contributed by atoms with van der Waals surface area (Å²) in [4.78, 5) is 12.1. The maximum atomic E-state index is 13.8. The first-order chi connectivity index (χ1) is 10.8. The van der Waals surface area contributed by atoms with E-state index in [0.29, 0.717) is 10.2 Å². The van der Waals surface area contributed by atoms with Crippen LogP contribution in [0.15, 0.2) is 51.8 Å². The number of hydrogen-bond donors (Lipinski definition) is 2. The Balaban J connectivity index is 2.07. The molecular formula is C15H14BrFN2O3S. The first-order valence-corrected chi connectivity index (χ1v) is 8.87. The fraction of sp³-hybridized carbons (Fsp3) is 0.133. The molecule has 0 heterocycles. The summed E-state index contributed by atoms with van der Waals surface area (Å²) in [7, 11) is -2.20. The zero-order valence-electron chi connectivity index (χ0n) is 12.1. The Bertz CT molecular complexity index is 823. The van der Waals surface area contributed by atoms with Crippen molar-refractivity contribution in [2.24, 2.45) is 0 Å². The van der Waals surface area contributed by atoms with Crippen LogP contribution >= 0.6 is 15.9 Å². The van der Waals surface area contributed by atoms with Crippen molar-refractivity contribution in [1.82, 2.24) is 4.72 Å². The van der Waals surface area contributed by atoms with Crippen LogP contribution in [0, 0.1) is 5.82 Å². The van der Waals surface area contributed by atoms with Crippen LogP contribution in [0.3, 0.4) is 0 Å². The molecule has 0 bridgehead atoms. The number of sulfonamides is 1. The van der Waals surface area contributed by atoms with E-state index in [4.69, 9.17) is 0 Å². The molecular weight excluding hydrogens is 387 g/mol. The Morgan fingerprint density at radius 2 is 1.83 bits per heavy atom. The smallest absolute Gasteiger partial charge is 0.240 e. The molecule has 2 N–H and O–H groups in total. The van der Waals surface area contributed by atoms with Gasteiger partial charge in [0.15, 0.2) is 0 Å². The Hall–Kier alpha value is -1.77. The molecule has 0 spiro atoms.